The summed E-state index contributed by atoms with van der Waals surface area (Å²) < 4.78 is 40.0. The molecule has 6 bridgehead atoms. The highest BCUT2D eigenvalue weighted by atomic mass is 35.5. The Morgan fingerprint density at radius 2 is 2.07 bits per heavy atom. The Balaban J connectivity index is 1.43. The second kappa shape index (κ2) is 11.9. The summed E-state index contributed by atoms with van der Waals surface area (Å²) in [5, 5.41) is 8.57. The molecule has 1 aromatic carbocycles. The van der Waals surface area contributed by atoms with Gasteiger partial charge in [-0.25, -0.2) is 9.18 Å². The van der Waals surface area contributed by atoms with Gasteiger partial charge in [-0.2, -0.15) is 15.1 Å². The minimum absolute atomic E-state index is 0.0549. The molecular weight excluding hydrogens is 593 g/mol. The number of H-pyrrole nitrogens is 1. The first-order valence-electron chi connectivity index (χ1n) is 14.9. The lowest BCUT2D eigenvalue weighted by molar-refractivity contribution is -0.00448. The summed E-state index contributed by atoms with van der Waals surface area (Å²) in [6, 6.07) is 1.99. The lowest BCUT2D eigenvalue weighted by Crippen LogP contribution is -2.39. The summed E-state index contributed by atoms with van der Waals surface area (Å²) >= 11 is 6.75. The molecule has 3 aromatic heterocycles. The first-order chi connectivity index (χ1) is 21.4. The zero-order valence-electron chi connectivity index (χ0n) is 24.5. The Labute approximate surface area is 257 Å². The second-order valence-electron chi connectivity index (χ2n) is 11.5. The highest BCUT2D eigenvalue weighted by Gasteiger charge is 2.31. The van der Waals surface area contributed by atoms with Crippen molar-refractivity contribution in [3.8, 4) is 17.3 Å². The third-order valence-corrected chi connectivity index (χ3v) is 9.01. The number of halogens is 2. The number of likely N-dealkylation sites (tertiary alicyclic amines) is 1. The minimum atomic E-state index is -0.786. The number of carbonyl (C=O) groups is 1. The Kier molecular flexibility index (Phi) is 7.85. The van der Waals surface area contributed by atoms with Gasteiger partial charge in [-0.3, -0.25) is 15.0 Å². The van der Waals surface area contributed by atoms with Crippen molar-refractivity contribution in [3.05, 3.63) is 34.9 Å². The fourth-order valence-electron chi connectivity index (χ4n) is 6.50. The number of fused-ring (bicyclic) bond motifs is 7. The number of anilines is 1. The zero-order chi connectivity index (χ0) is 30.4. The molecule has 0 aliphatic carbocycles. The van der Waals surface area contributed by atoms with Crippen LogP contribution in [0, 0.1) is 5.82 Å². The Bertz CT molecular complexity index is 1720. The average Bonchev–Trinajstić information content (AvgIpc) is 3.58. The van der Waals surface area contributed by atoms with Crippen LogP contribution < -0.4 is 9.64 Å². The normalized spacial score (nSPS) is 22.2. The number of rotatable bonds is 3. The maximum Gasteiger partial charge on any atom is 0.508 e. The lowest BCUT2D eigenvalue weighted by atomic mass is 9.95. The molecule has 0 unspecified atom stereocenters. The predicted octanol–water partition coefficient (Wildman–Crippen LogP) is 4.53. The second-order valence-corrected chi connectivity index (χ2v) is 11.9. The van der Waals surface area contributed by atoms with E-state index in [4.69, 9.17) is 35.5 Å². The third-order valence-electron chi connectivity index (χ3n) is 8.68. The number of ether oxygens (including phenoxy) is 4. The smallest absolute Gasteiger partial charge is 0.459 e. The van der Waals surface area contributed by atoms with E-state index in [0.717, 1.165) is 19.4 Å². The van der Waals surface area contributed by atoms with Crippen LogP contribution in [-0.4, -0.2) is 101 Å². The number of nitrogens with one attached hydrogen (secondary N) is 1. The van der Waals surface area contributed by atoms with Gasteiger partial charge in [0.25, 0.3) is 0 Å². The Morgan fingerprint density at radius 1 is 1.18 bits per heavy atom. The van der Waals surface area contributed by atoms with Gasteiger partial charge in [-0.05, 0) is 57.8 Å². The van der Waals surface area contributed by atoms with Crippen LogP contribution in [0.5, 0.6) is 6.01 Å². The highest BCUT2D eigenvalue weighted by molar-refractivity contribution is 6.33. The molecule has 44 heavy (non-hydrogen) atoms. The molecule has 3 atom stereocenters. The standard InChI is InChI=1S/C30H33ClFN7O5/c1-16(23-6-3-7-38(23)2)43-29-35-26-20-12-33-27(25(26)32)24-18(21(31)11-22-19(24)13-34-37-22)5-4-9-42-30(40)44-17-14-39(28(20)36-29)8-10-41-15-17/h11-13,16-17,23H,3-10,14-15H2,1-2H3,(H,34,37)/t16-,17-,23-/m0/s1. The Morgan fingerprint density at radius 3 is 2.91 bits per heavy atom. The molecule has 232 valence electrons. The van der Waals surface area contributed by atoms with Crippen molar-refractivity contribution in [2.24, 2.45) is 0 Å². The molecule has 4 aromatic rings. The lowest BCUT2D eigenvalue weighted by Gasteiger charge is -2.28. The van der Waals surface area contributed by atoms with Gasteiger partial charge in [-0.15, -0.1) is 0 Å². The van der Waals surface area contributed by atoms with Gasteiger partial charge in [0.1, 0.15) is 29.2 Å². The molecule has 0 radical (unpaired) electrons. The molecule has 14 heteroatoms. The van der Waals surface area contributed by atoms with Crippen LogP contribution in [0.25, 0.3) is 33.1 Å². The zero-order valence-corrected chi connectivity index (χ0v) is 25.3. The van der Waals surface area contributed by atoms with Crippen LogP contribution in [0.2, 0.25) is 5.02 Å². The maximum atomic E-state index is 16.9. The molecule has 0 saturated carbocycles. The summed E-state index contributed by atoms with van der Waals surface area (Å²) in [6.07, 6.45) is 4.41. The molecule has 12 nitrogen and oxygen atoms in total. The van der Waals surface area contributed by atoms with Crippen molar-refractivity contribution < 1.29 is 28.1 Å². The van der Waals surface area contributed by atoms with Crippen molar-refractivity contribution in [2.75, 3.05) is 51.4 Å². The van der Waals surface area contributed by atoms with Crippen LogP contribution in [0.3, 0.4) is 0 Å². The van der Waals surface area contributed by atoms with Gasteiger partial charge in [0.15, 0.2) is 5.82 Å². The molecule has 8 rings (SSSR count). The highest BCUT2D eigenvalue weighted by Crippen LogP contribution is 2.40. The fourth-order valence-corrected chi connectivity index (χ4v) is 6.80. The number of likely N-dealkylation sites (N-methyl/N-ethyl adjacent to an activating group) is 1. The van der Waals surface area contributed by atoms with E-state index in [1.165, 1.54) is 0 Å². The SMILES string of the molecule is C[C@H](Oc1nc2c3cnc(c(F)c3n1)-c1c(c(Cl)cc3[nH]ncc13)CCCOC(=O)O[C@@H]1COCCN2C1)[C@@H]1CCCN1C. The van der Waals surface area contributed by atoms with E-state index in [9.17, 15) is 4.79 Å². The number of pyridine rings is 1. The van der Waals surface area contributed by atoms with E-state index in [0.29, 0.717) is 64.2 Å². The fraction of sp³-hybridized carbons (Fsp3) is 0.500. The molecule has 0 spiro atoms. The number of hydrogen-bond donors (Lipinski definition) is 1. The summed E-state index contributed by atoms with van der Waals surface area (Å²) in [4.78, 5) is 30.8. The summed E-state index contributed by atoms with van der Waals surface area (Å²) in [5.41, 5.74) is 1.96. The molecule has 1 N–H and O–H groups in total. The molecule has 0 amide bonds. The molecule has 4 aliphatic rings. The van der Waals surface area contributed by atoms with Crippen molar-refractivity contribution in [3.63, 3.8) is 0 Å². The number of aromatic nitrogens is 5. The molecule has 2 fully saturated rings. The van der Waals surface area contributed by atoms with Crippen LogP contribution in [-0.2, 0) is 20.6 Å². The molecular formula is C30H33ClFN7O5. The maximum absolute atomic E-state index is 16.9. The largest absolute Gasteiger partial charge is 0.508 e. The average molecular weight is 626 g/mol. The number of hydrogen-bond acceptors (Lipinski definition) is 11. The van der Waals surface area contributed by atoms with Crippen molar-refractivity contribution in [1.82, 2.24) is 30.0 Å². The topological polar surface area (TPSA) is 128 Å². The summed E-state index contributed by atoms with van der Waals surface area (Å²) in [7, 11) is 2.07. The first-order valence-corrected chi connectivity index (χ1v) is 15.3. The first kappa shape index (κ1) is 28.9. The van der Waals surface area contributed by atoms with E-state index in [-0.39, 0.29) is 49.1 Å². The van der Waals surface area contributed by atoms with E-state index >= 15 is 4.39 Å². The van der Waals surface area contributed by atoms with Gasteiger partial charge >= 0.3 is 12.2 Å². The summed E-state index contributed by atoms with van der Waals surface area (Å²) in [6.45, 7) is 4.24. The van der Waals surface area contributed by atoms with Crippen LogP contribution in [0.1, 0.15) is 31.7 Å². The van der Waals surface area contributed by atoms with Gasteiger partial charge in [-0.1, -0.05) is 11.6 Å². The number of aromatic amines is 1. The number of carbonyl (C=O) groups excluding carboxylic acids is 1. The van der Waals surface area contributed by atoms with E-state index < -0.39 is 18.1 Å². The quantitative estimate of drug-likeness (QED) is 0.323. The predicted molar refractivity (Wildman–Crippen MR) is 161 cm³/mol. The monoisotopic (exact) mass is 625 g/mol. The van der Waals surface area contributed by atoms with Gasteiger partial charge in [0.2, 0.25) is 0 Å². The number of nitrogens with zero attached hydrogens (tertiary/aromatic N) is 6. The summed E-state index contributed by atoms with van der Waals surface area (Å²) in [5.74, 6) is -0.209. The van der Waals surface area contributed by atoms with Crippen LogP contribution >= 0.6 is 11.6 Å². The molecule has 2 saturated heterocycles. The molecule has 7 heterocycles. The molecule has 4 aliphatic heterocycles. The van der Waals surface area contributed by atoms with Gasteiger partial charge < -0.3 is 23.8 Å². The van der Waals surface area contributed by atoms with E-state index in [1.807, 2.05) is 11.8 Å². The van der Waals surface area contributed by atoms with E-state index in [1.54, 1.807) is 18.5 Å². The number of benzene rings is 1. The van der Waals surface area contributed by atoms with Crippen molar-refractivity contribution in [2.45, 2.75) is 50.9 Å². The van der Waals surface area contributed by atoms with Crippen molar-refractivity contribution in [1.29, 1.82) is 0 Å². The minimum Gasteiger partial charge on any atom is -0.459 e. The van der Waals surface area contributed by atoms with Crippen molar-refractivity contribution >= 4 is 45.4 Å². The van der Waals surface area contributed by atoms with Gasteiger partial charge in [0.05, 0.1) is 43.5 Å². The third kappa shape index (κ3) is 5.37. The van der Waals surface area contributed by atoms with Gasteiger partial charge in [0, 0.05) is 34.8 Å². The van der Waals surface area contributed by atoms with Crippen LogP contribution in [0.4, 0.5) is 15.0 Å². The van der Waals surface area contributed by atoms with Crippen LogP contribution in [0.15, 0.2) is 18.5 Å². The Hall–Kier alpha value is -3.81. The van der Waals surface area contributed by atoms with E-state index in [2.05, 4.69) is 32.1 Å².